The maximum Gasteiger partial charge on any atom is 0.131 e. The molecule has 0 aromatic heterocycles. The van der Waals surface area contributed by atoms with Crippen LogP contribution in [0.15, 0.2) is 18.2 Å². The average Bonchev–Trinajstić information content (AvgIpc) is 2.85. The van der Waals surface area contributed by atoms with Gasteiger partial charge >= 0.3 is 0 Å². The molecular weight excluding hydrogens is 243 g/mol. The Morgan fingerprint density at radius 3 is 2.84 bits per heavy atom. The van der Waals surface area contributed by atoms with Crippen molar-refractivity contribution < 1.29 is 9.50 Å². The topological polar surface area (TPSA) is 49.5 Å². The van der Waals surface area contributed by atoms with Crippen molar-refractivity contribution in [1.29, 1.82) is 0 Å². The molecule has 0 amide bonds. The van der Waals surface area contributed by atoms with Crippen molar-refractivity contribution >= 4 is 0 Å². The fourth-order valence-electron chi connectivity index (χ4n) is 3.19. The molecule has 3 nitrogen and oxygen atoms in total. The van der Waals surface area contributed by atoms with Crippen molar-refractivity contribution in [1.82, 2.24) is 4.90 Å². The predicted molar refractivity (Wildman–Crippen MR) is 74.4 cm³/mol. The van der Waals surface area contributed by atoms with Gasteiger partial charge < -0.3 is 10.8 Å². The van der Waals surface area contributed by atoms with E-state index in [-0.39, 0.29) is 17.6 Å². The first kappa shape index (κ1) is 14.3. The number of phenolic OH excluding ortho intramolecular Hbond substituents is 1. The number of nitrogens with zero attached hydrogens (tertiary/aromatic N) is 1. The van der Waals surface area contributed by atoms with Gasteiger partial charge in [-0.1, -0.05) is 12.5 Å². The second kappa shape index (κ2) is 5.88. The summed E-state index contributed by atoms with van der Waals surface area (Å²) >= 11 is 0. The fourth-order valence-corrected chi connectivity index (χ4v) is 3.19. The van der Waals surface area contributed by atoms with Gasteiger partial charge in [-0.25, -0.2) is 4.39 Å². The molecular formula is C15H23FN2O. The molecule has 0 bridgehead atoms. The third-order valence-electron chi connectivity index (χ3n) is 4.49. The molecule has 4 heteroatoms. The highest BCUT2D eigenvalue weighted by molar-refractivity contribution is 5.29. The summed E-state index contributed by atoms with van der Waals surface area (Å²) in [6, 6.07) is 4.79. The Morgan fingerprint density at radius 2 is 2.21 bits per heavy atom. The predicted octanol–water partition coefficient (Wildman–Crippen LogP) is 2.65. The standard InChI is InChI=1S/C15H23FN2O/c1-10(13-7-6-12(19)8-14(13)16)18(2)15-5-3-4-11(15)9-17/h6-8,10-11,15,19H,3-5,9,17H2,1-2H3. The Balaban J connectivity index is 2.16. The van der Waals surface area contributed by atoms with Gasteiger partial charge in [0.1, 0.15) is 11.6 Å². The molecule has 3 unspecified atom stereocenters. The Morgan fingerprint density at radius 1 is 1.47 bits per heavy atom. The number of nitrogens with two attached hydrogens (primary N) is 1. The van der Waals surface area contributed by atoms with Gasteiger partial charge in [-0.3, -0.25) is 4.90 Å². The minimum Gasteiger partial charge on any atom is -0.508 e. The van der Waals surface area contributed by atoms with Crippen LogP contribution in [0.1, 0.15) is 37.8 Å². The van der Waals surface area contributed by atoms with Crippen molar-refractivity contribution in [2.75, 3.05) is 13.6 Å². The van der Waals surface area contributed by atoms with Crippen LogP contribution in [0.2, 0.25) is 0 Å². The molecule has 0 spiro atoms. The van der Waals surface area contributed by atoms with E-state index >= 15 is 0 Å². The minimum absolute atomic E-state index is 0.0160. The first-order valence-corrected chi connectivity index (χ1v) is 6.95. The zero-order chi connectivity index (χ0) is 14.0. The molecule has 0 aliphatic heterocycles. The van der Waals surface area contributed by atoms with Crippen molar-refractivity contribution in [2.24, 2.45) is 11.7 Å². The smallest absolute Gasteiger partial charge is 0.131 e. The minimum atomic E-state index is -0.346. The molecule has 0 heterocycles. The van der Waals surface area contributed by atoms with E-state index in [2.05, 4.69) is 4.90 Å². The van der Waals surface area contributed by atoms with Crippen LogP contribution in [-0.4, -0.2) is 29.6 Å². The Kier molecular flexibility index (Phi) is 4.42. The second-order valence-electron chi connectivity index (χ2n) is 5.54. The van der Waals surface area contributed by atoms with E-state index in [1.54, 1.807) is 6.07 Å². The van der Waals surface area contributed by atoms with E-state index in [1.807, 2.05) is 14.0 Å². The normalized spacial score (nSPS) is 24.9. The van der Waals surface area contributed by atoms with E-state index in [1.165, 1.54) is 18.6 Å². The first-order valence-electron chi connectivity index (χ1n) is 6.95. The lowest BCUT2D eigenvalue weighted by molar-refractivity contribution is 0.149. The Bertz CT molecular complexity index is 438. The molecule has 3 N–H and O–H groups in total. The lowest BCUT2D eigenvalue weighted by atomic mass is 9.98. The molecule has 0 saturated heterocycles. The molecule has 2 rings (SSSR count). The van der Waals surface area contributed by atoms with Gasteiger partial charge in [0.2, 0.25) is 0 Å². The van der Waals surface area contributed by atoms with E-state index in [9.17, 15) is 9.50 Å². The zero-order valence-electron chi connectivity index (χ0n) is 11.6. The van der Waals surface area contributed by atoms with Gasteiger partial charge in [-0.05, 0) is 45.3 Å². The van der Waals surface area contributed by atoms with Crippen LogP contribution >= 0.6 is 0 Å². The zero-order valence-corrected chi connectivity index (χ0v) is 11.6. The molecule has 1 aromatic carbocycles. The average molecular weight is 266 g/mol. The van der Waals surface area contributed by atoms with E-state index in [0.717, 1.165) is 12.8 Å². The quantitative estimate of drug-likeness (QED) is 0.881. The summed E-state index contributed by atoms with van der Waals surface area (Å²) in [7, 11) is 2.04. The van der Waals surface area contributed by atoms with Gasteiger partial charge in [0.15, 0.2) is 0 Å². The molecule has 3 atom stereocenters. The molecule has 0 radical (unpaired) electrons. The summed E-state index contributed by atoms with van der Waals surface area (Å²) in [6.45, 7) is 2.70. The number of aromatic hydroxyl groups is 1. The summed E-state index contributed by atoms with van der Waals surface area (Å²) < 4.78 is 13.9. The van der Waals surface area contributed by atoms with Crippen molar-refractivity contribution in [3.8, 4) is 5.75 Å². The maximum atomic E-state index is 13.9. The van der Waals surface area contributed by atoms with Gasteiger partial charge in [-0.15, -0.1) is 0 Å². The van der Waals surface area contributed by atoms with Crippen LogP contribution in [0.5, 0.6) is 5.75 Å². The van der Waals surface area contributed by atoms with Crippen molar-refractivity contribution in [3.63, 3.8) is 0 Å². The number of hydrogen-bond donors (Lipinski definition) is 2. The highest BCUT2D eigenvalue weighted by atomic mass is 19.1. The fraction of sp³-hybridized carbons (Fsp3) is 0.600. The molecule has 1 aliphatic rings. The summed E-state index contributed by atoms with van der Waals surface area (Å²) in [6.07, 6.45) is 3.49. The third kappa shape index (κ3) is 2.90. The Hall–Kier alpha value is -1.13. The SMILES string of the molecule is CC(c1ccc(O)cc1F)N(C)C1CCCC1CN. The van der Waals surface area contributed by atoms with E-state index < -0.39 is 0 Å². The molecule has 1 fully saturated rings. The highest BCUT2D eigenvalue weighted by Gasteiger charge is 2.32. The summed E-state index contributed by atoms with van der Waals surface area (Å²) in [5.41, 5.74) is 6.44. The summed E-state index contributed by atoms with van der Waals surface area (Å²) in [5, 5.41) is 9.28. The number of rotatable bonds is 4. The number of phenols is 1. The van der Waals surface area contributed by atoms with Crippen LogP contribution in [0.25, 0.3) is 0 Å². The van der Waals surface area contributed by atoms with Crippen LogP contribution in [0.4, 0.5) is 4.39 Å². The first-order chi connectivity index (χ1) is 9.04. The number of benzene rings is 1. The third-order valence-corrected chi connectivity index (χ3v) is 4.49. The molecule has 1 saturated carbocycles. The van der Waals surface area contributed by atoms with Crippen molar-refractivity contribution in [2.45, 2.75) is 38.3 Å². The molecule has 106 valence electrons. The monoisotopic (exact) mass is 266 g/mol. The highest BCUT2D eigenvalue weighted by Crippen LogP contribution is 2.34. The lowest BCUT2D eigenvalue weighted by Crippen LogP contribution is -2.39. The van der Waals surface area contributed by atoms with Crippen LogP contribution in [0, 0.1) is 11.7 Å². The maximum absolute atomic E-state index is 13.9. The van der Waals surface area contributed by atoms with Gasteiger partial charge in [-0.2, -0.15) is 0 Å². The Labute approximate surface area is 114 Å². The van der Waals surface area contributed by atoms with Crippen molar-refractivity contribution in [3.05, 3.63) is 29.6 Å². The van der Waals surface area contributed by atoms with Gasteiger partial charge in [0, 0.05) is 23.7 Å². The summed E-state index contributed by atoms with van der Waals surface area (Å²) in [5.74, 6) is 0.131. The van der Waals surface area contributed by atoms with Gasteiger partial charge in [0.05, 0.1) is 0 Å². The largest absolute Gasteiger partial charge is 0.508 e. The summed E-state index contributed by atoms with van der Waals surface area (Å²) in [4.78, 5) is 2.22. The second-order valence-corrected chi connectivity index (χ2v) is 5.54. The molecule has 1 aromatic rings. The lowest BCUT2D eigenvalue weighted by Gasteiger charge is -2.34. The van der Waals surface area contributed by atoms with Crippen LogP contribution < -0.4 is 5.73 Å². The van der Waals surface area contributed by atoms with Gasteiger partial charge in [0.25, 0.3) is 0 Å². The number of halogens is 1. The van der Waals surface area contributed by atoms with E-state index in [4.69, 9.17) is 5.73 Å². The molecule has 19 heavy (non-hydrogen) atoms. The number of hydrogen-bond acceptors (Lipinski definition) is 3. The van der Waals surface area contributed by atoms with E-state index in [0.29, 0.717) is 24.1 Å². The molecule has 1 aliphatic carbocycles. The van der Waals surface area contributed by atoms with Crippen LogP contribution in [-0.2, 0) is 0 Å². The van der Waals surface area contributed by atoms with Crippen LogP contribution in [0.3, 0.4) is 0 Å².